The third kappa shape index (κ3) is 4.00. The maximum atomic E-state index is 12.7. The first kappa shape index (κ1) is 20.2. The van der Waals surface area contributed by atoms with Gasteiger partial charge in [-0.3, -0.25) is 4.79 Å². The summed E-state index contributed by atoms with van der Waals surface area (Å²) >= 11 is 6.28. The van der Waals surface area contributed by atoms with Crippen LogP contribution in [-0.2, 0) is 21.1 Å². The molecule has 0 aliphatic heterocycles. The van der Waals surface area contributed by atoms with Crippen molar-refractivity contribution in [3.63, 3.8) is 0 Å². The molecule has 8 nitrogen and oxygen atoms in total. The Balaban J connectivity index is 2.54. The molecule has 0 aliphatic carbocycles. The van der Waals surface area contributed by atoms with Crippen LogP contribution in [0.2, 0.25) is 5.02 Å². The van der Waals surface area contributed by atoms with Crippen molar-refractivity contribution in [2.45, 2.75) is 18.4 Å². The highest BCUT2D eigenvalue weighted by Crippen LogP contribution is 2.37. The number of rotatable bonds is 8. The fourth-order valence-corrected chi connectivity index (χ4v) is 3.46. The summed E-state index contributed by atoms with van der Waals surface area (Å²) in [6.07, 6.45) is 2.24. The molecular weight excluding hydrogens is 384 g/mol. The average Bonchev–Trinajstić information content (AvgIpc) is 2.95. The maximum Gasteiger partial charge on any atom is 0.220 e. The van der Waals surface area contributed by atoms with Crippen LogP contribution in [0.1, 0.15) is 22.8 Å². The van der Waals surface area contributed by atoms with Crippen molar-refractivity contribution in [1.82, 2.24) is 9.78 Å². The first-order chi connectivity index (χ1) is 12.2. The van der Waals surface area contributed by atoms with Crippen LogP contribution in [0.25, 0.3) is 0 Å². The Bertz CT molecular complexity index is 923. The Hall–Kier alpha value is -2.10. The van der Waals surface area contributed by atoms with Crippen molar-refractivity contribution in [2.24, 2.45) is 0 Å². The number of halogens is 1. The molecule has 142 valence electrons. The van der Waals surface area contributed by atoms with Gasteiger partial charge >= 0.3 is 0 Å². The third-order valence-corrected chi connectivity index (χ3v) is 5.09. The first-order valence-corrected chi connectivity index (χ1v) is 9.93. The van der Waals surface area contributed by atoms with Gasteiger partial charge in [0.2, 0.25) is 11.7 Å². The molecule has 0 atom stereocenters. The number of aryl methyl sites for hydroxylation is 1. The van der Waals surface area contributed by atoms with E-state index >= 15 is 0 Å². The molecule has 0 unspecified atom stereocenters. The summed E-state index contributed by atoms with van der Waals surface area (Å²) < 4.78 is 35.5. The molecule has 0 amide bonds. The Morgan fingerprint density at radius 1 is 1.31 bits per heavy atom. The lowest BCUT2D eigenvalue weighted by Crippen LogP contribution is -2.11. The van der Waals surface area contributed by atoms with Crippen LogP contribution in [-0.4, -0.2) is 55.7 Å². The topological polar surface area (TPSA) is 108 Å². The number of aromatic hydroxyl groups is 1. The highest BCUT2D eigenvalue weighted by molar-refractivity contribution is 7.90. The van der Waals surface area contributed by atoms with Gasteiger partial charge in [0.05, 0.1) is 17.8 Å². The summed E-state index contributed by atoms with van der Waals surface area (Å²) in [7, 11) is -2.17. The van der Waals surface area contributed by atoms with Crippen LogP contribution >= 0.6 is 11.6 Å². The van der Waals surface area contributed by atoms with Crippen molar-refractivity contribution < 1.29 is 27.8 Å². The fraction of sp³-hybridized carbons (Fsp3) is 0.375. The van der Waals surface area contributed by atoms with Gasteiger partial charge in [0, 0.05) is 25.5 Å². The van der Waals surface area contributed by atoms with E-state index < -0.39 is 15.6 Å². The number of nitrogens with zero attached hydrogens (tertiary/aromatic N) is 2. The Morgan fingerprint density at radius 2 is 2.00 bits per heavy atom. The number of ketones is 1. The minimum absolute atomic E-state index is 0.00237. The van der Waals surface area contributed by atoms with Gasteiger partial charge in [0.1, 0.15) is 17.1 Å². The largest absolute Gasteiger partial charge is 0.493 e. The van der Waals surface area contributed by atoms with Crippen molar-refractivity contribution in [1.29, 1.82) is 0 Å². The lowest BCUT2D eigenvalue weighted by atomic mass is 10.1. The lowest BCUT2D eigenvalue weighted by Gasteiger charge is -2.14. The van der Waals surface area contributed by atoms with Gasteiger partial charge in [0.15, 0.2) is 15.6 Å². The molecular formula is C16H19ClN2O6S. The van der Waals surface area contributed by atoms with E-state index in [1.165, 1.54) is 30.1 Å². The number of sulfone groups is 1. The second-order valence-electron chi connectivity index (χ2n) is 5.39. The Labute approximate surface area is 156 Å². The molecule has 1 heterocycles. The SMILES string of the molecule is CCn1ncc(C(=O)c2ccc(S(C)(=O)=O)c(OCCOC)c2Cl)c1O. The average molecular weight is 403 g/mol. The normalized spacial score (nSPS) is 11.5. The number of benzene rings is 1. The number of hydrogen-bond donors (Lipinski definition) is 1. The van der Waals surface area contributed by atoms with Crippen molar-refractivity contribution in [2.75, 3.05) is 26.6 Å². The molecule has 0 aliphatic rings. The highest BCUT2D eigenvalue weighted by atomic mass is 35.5. The summed E-state index contributed by atoms with van der Waals surface area (Å²) in [5, 5.41) is 13.8. The zero-order valence-corrected chi connectivity index (χ0v) is 16.1. The third-order valence-electron chi connectivity index (χ3n) is 3.59. The number of ether oxygens (including phenoxy) is 2. The highest BCUT2D eigenvalue weighted by Gasteiger charge is 2.26. The number of carbonyl (C=O) groups is 1. The minimum atomic E-state index is -3.64. The van der Waals surface area contributed by atoms with E-state index in [2.05, 4.69) is 5.10 Å². The van der Waals surface area contributed by atoms with E-state index in [0.717, 1.165) is 6.26 Å². The molecule has 2 rings (SSSR count). The number of carbonyl (C=O) groups excluding carboxylic acids is 1. The van der Waals surface area contributed by atoms with Gasteiger partial charge in [-0.05, 0) is 19.1 Å². The smallest absolute Gasteiger partial charge is 0.220 e. The standard InChI is InChI=1S/C16H19ClN2O6S/c1-4-19-16(21)11(9-18-19)14(20)10-5-6-12(26(3,22)23)15(13(10)17)25-8-7-24-2/h5-6,9,21H,4,7-8H2,1-3H3. The van der Waals surface area contributed by atoms with Gasteiger partial charge in [-0.1, -0.05) is 11.6 Å². The molecule has 0 radical (unpaired) electrons. The minimum Gasteiger partial charge on any atom is -0.493 e. The van der Waals surface area contributed by atoms with Crippen LogP contribution in [0.5, 0.6) is 11.6 Å². The molecule has 0 fully saturated rings. The van der Waals surface area contributed by atoms with Gasteiger partial charge in [-0.15, -0.1) is 0 Å². The molecule has 1 N–H and O–H groups in total. The van der Waals surface area contributed by atoms with E-state index in [1.807, 2.05) is 0 Å². The monoisotopic (exact) mass is 402 g/mol. The molecule has 10 heteroatoms. The Morgan fingerprint density at radius 3 is 2.54 bits per heavy atom. The number of methoxy groups -OCH3 is 1. The van der Waals surface area contributed by atoms with E-state index in [-0.39, 0.29) is 45.9 Å². The van der Waals surface area contributed by atoms with Crippen molar-refractivity contribution >= 4 is 27.2 Å². The number of aromatic nitrogens is 2. The van der Waals surface area contributed by atoms with Gasteiger partial charge in [-0.2, -0.15) is 5.10 Å². The molecule has 26 heavy (non-hydrogen) atoms. The molecule has 0 spiro atoms. The van der Waals surface area contributed by atoms with E-state index in [9.17, 15) is 18.3 Å². The van der Waals surface area contributed by atoms with E-state index in [4.69, 9.17) is 21.1 Å². The quantitative estimate of drug-likeness (QED) is 0.530. The fourth-order valence-electron chi connectivity index (χ4n) is 2.28. The molecule has 0 saturated carbocycles. The summed E-state index contributed by atoms with van der Waals surface area (Å²) in [5.41, 5.74) is -0.0406. The predicted molar refractivity (Wildman–Crippen MR) is 94.9 cm³/mol. The lowest BCUT2D eigenvalue weighted by molar-refractivity contribution is 0.103. The van der Waals surface area contributed by atoms with Crippen LogP contribution in [0.15, 0.2) is 23.2 Å². The van der Waals surface area contributed by atoms with E-state index in [0.29, 0.717) is 6.54 Å². The molecule has 1 aromatic heterocycles. The second kappa shape index (κ2) is 8.07. The molecule has 0 bridgehead atoms. The molecule has 1 aromatic carbocycles. The summed E-state index contributed by atoms with van der Waals surface area (Å²) in [5.74, 6) is -1.01. The predicted octanol–water partition coefficient (Wildman–Crippen LogP) is 1.92. The maximum absolute atomic E-state index is 12.7. The molecule has 2 aromatic rings. The van der Waals surface area contributed by atoms with Crippen LogP contribution in [0.3, 0.4) is 0 Å². The summed E-state index contributed by atoms with van der Waals surface area (Å²) in [6.45, 7) is 2.40. The second-order valence-corrected chi connectivity index (χ2v) is 7.76. The van der Waals surface area contributed by atoms with Gasteiger partial charge < -0.3 is 14.6 Å². The van der Waals surface area contributed by atoms with Crippen molar-refractivity contribution in [3.05, 3.63) is 34.5 Å². The van der Waals surface area contributed by atoms with Crippen LogP contribution in [0.4, 0.5) is 0 Å². The zero-order chi connectivity index (χ0) is 19.5. The van der Waals surface area contributed by atoms with Crippen LogP contribution in [0, 0.1) is 0 Å². The zero-order valence-electron chi connectivity index (χ0n) is 14.5. The summed E-state index contributed by atoms with van der Waals surface area (Å²) in [6, 6.07) is 2.53. The molecule has 0 saturated heterocycles. The first-order valence-electron chi connectivity index (χ1n) is 7.66. The van der Waals surface area contributed by atoms with Crippen molar-refractivity contribution in [3.8, 4) is 11.6 Å². The summed E-state index contributed by atoms with van der Waals surface area (Å²) in [4.78, 5) is 12.6. The van der Waals surface area contributed by atoms with Gasteiger partial charge in [0.25, 0.3) is 0 Å². The van der Waals surface area contributed by atoms with E-state index in [1.54, 1.807) is 6.92 Å². The van der Waals surface area contributed by atoms with Crippen LogP contribution < -0.4 is 4.74 Å². The van der Waals surface area contributed by atoms with Gasteiger partial charge in [-0.25, -0.2) is 13.1 Å². The Kier molecular flexibility index (Phi) is 6.27. The number of hydrogen-bond acceptors (Lipinski definition) is 7.